The van der Waals surface area contributed by atoms with Gasteiger partial charge < -0.3 is 0 Å². The first kappa shape index (κ1) is 18.6. The zero-order valence-corrected chi connectivity index (χ0v) is 17.6. The smallest absolute Gasteiger partial charge is 0.252 e. The molecular weight excluding hydrogens is 416 g/mol. The van der Waals surface area contributed by atoms with Crippen molar-refractivity contribution < 1.29 is 0 Å². The van der Waals surface area contributed by atoms with Crippen molar-refractivity contribution in [3.05, 3.63) is 60.7 Å². The largest absolute Gasteiger partial charge is 0.288 e. The van der Waals surface area contributed by atoms with Crippen molar-refractivity contribution in [3.8, 4) is 22.6 Å². The summed E-state index contributed by atoms with van der Waals surface area (Å²) in [5.74, 6) is 1.64. The minimum Gasteiger partial charge on any atom is -0.288 e. The number of aromatic nitrogens is 6. The average molecular weight is 433 g/mol. The highest BCUT2D eigenvalue weighted by molar-refractivity contribution is 8.01. The van der Waals surface area contributed by atoms with Crippen molar-refractivity contribution >= 4 is 39.6 Å². The van der Waals surface area contributed by atoms with E-state index < -0.39 is 0 Å². The topological polar surface area (TPSA) is 96.5 Å². The van der Waals surface area contributed by atoms with Crippen LogP contribution >= 0.6 is 23.1 Å². The molecule has 8 nitrogen and oxygen atoms in total. The Kier molecular flexibility index (Phi) is 5.08. The minimum atomic E-state index is 0.507. The molecule has 0 saturated carbocycles. The Morgan fingerprint density at radius 1 is 0.900 bits per heavy atom. The number of nitrogens with one attached hydrogen (secondary N) is 1. The number of thioether (sulfide) groups is 1. The van der Waals surface area contributed by atoms with Gasteiger partial charge >= 0.3 is 0 Å². The molecule has 0 aliphatic rings. The van der Waals surface area contributed by atoms with E-state index >= 15 is 0 Å². The molecule has 3 heterocycles. The van der Waals surface area contributed by atoms with Crippen LogP contribution in [0.2, 0.25) is 0 Å². The maximum absolute atomic E-state index is 4.49. The number of hydrogen-bond acceptors (Lipinski definition) is 8. The van der Waals surface area contributed by atoms with Crippen LogP contribution in [0.25, 0.3) is 28.3 Å². The molecule has 10 heteroatoms. The Labute approximate surface area is 180 Å². The highest BCUT2D eigenvalue weighted by Gasteiger charge is 2.19. The molecule has 148 valence electrons. The molecule has 0 atom stereocenters. The van der Waals surface area contributed by atoms with Gasteiger partial charge in [-0.2, -0.15) is 0 Å². The van der Waals surface area contributed by atoms with Crippen molar-refractivity contribution in [1.29, 1.82) is 0 Å². The van der Waals surface area contributed by atoms with Crippen LogP contribution in [0.4, 0.5) is 10.8 Å². The van der Waals surface area contributed by atoms with Crippen LogP contribution in [0, 0.1) is 0 Å². The molecule has 0 saturated heterocycles. The van der Waals surface area contributed by atoms with E-state index in [0.717, 1.165) is 26.9 Å². The third kappa shape index (κ3) is 3.51. The fourth-order valence-electron chi connectivity index (χ4n) is 3.01. The molecule has 0 aliphatic carbocycles. The first-order valence-corrected chi connectivity index (χ1v) is 11.1. The van der Waals surface area contributed by atoms with E-state index in [1.54, 1.807) is 11.8 Å². The molecule has 0 radical (unpaired) electrons. The van der Waals surface area contributed by atoms with Gasteiger partial charge in [-0.15, -0.1) is 30.6 Å². The van der Waals surface area contributed by atoms with Gasteiger partial charge in [-0.25, -0.2) is 4.52 Å². The summed E-state index contributed by atoms with van der Waals surface area (Å²) in [5.41, 5.74) is 3.96. The van der Waals surface area contributed by atoms with Crippen molar-refractivity contribution in [2.45, 2.75) is 11.3 Å². The van der Waals surface area contributed by atoms with Crippen LogP contribution in [0.3, 0.4) is 0 Å². The summed E-state index contributed by atoms with van der Waals surface area (Å²) in [6.45, 7) is 2.07. The lowest BCUT2D eigenvalue weighted by atomic mass is 10.1. The highest BCUT2D eigenvalue weighted by atomic mass is 32.2. The molecule has 0 bridgehead atoms. The van der Waals surface area contributed by atoms with Gasteiger partial charge in [0.1, 0.15) is 0 Å². The maximum atomic E-state index is 4.49. The van der Waals surface area contributed by atoms with Crippen LogP contribution in [-0.4, -0.2) is 35.8 Å². The Bertz CT molecular complexity index is 1300. The lowest BCUT2D eigenvalue weighted by Gasteiger charge is -1.99. The third-order valence-corrected chi connectivity index (χ3v) is 6.15. The standard InChI is InChI=1S/C20H16N8S2/c1-2-29-20-26-25-19(30-20)24-21-16-15(13-9-5-3-6-10-13)27-28-17(22-23-18(16)28)14-11-7-4-8-12-14/h3-12,27H,2H2,1H3. The van der Waals surface area contributed by atoms with Crippen LogP contribution < -0.4 is 0 Å². The molecule has 0 spiro atoms. The zero-order chi connectivity index (χ0) is 20.3. The second-order valence-corrected chi connectivity index (χ2v) is 8.70. The van der Waals surface area contributed by atoms with Crippen LogP contribution in [-0.2, 0) is 0 Å². The summed E-state index contributed by atoms with van der Waals surface area (Å²) in [4.78, 5) is 0. The van der Waals surface area contributed by atoms with Gasteiger partial charge in [0.15, 0.2) is 15.9 Å². The van der Waals surface area contributed by atoms with Gasteiger partial charge in [-0.1, -0.05) is 90.7 Å². The molecule has 0 aliphatic heterocycles. The Balaban J connectivity index is 1.63. The third-order valence-electron chi connectivity index (χ3n) is 4.33. The van der Waals surface area contributed by atoms with Gasteiger partial charge in [0.25, 0.3) is 5.13 Å². The number of hydrogen-bond donors (Lipinski definition) is 1. The van der Waals surface area contributed by atoms with Gasteiger partial charge in [0, 0.05) is 11.1 Å². The first-order chi connectivity index (χ1) is 14.8. The summed E-state index contributed by atoms with van der Waals surface area (Å²) in [7, 11) is 0. The summed E-state index contributed by atoms with van der Waals surface area (Å²) < 4.78 is 2.72. The molecule has 5 rings (SSSR count). The van der Waals surface area contributed by atoms with E-state index in [1.165, 1.54) is 11.3 Å². The number of fused-ring (bicyclic) bond motifs is 1. The molecule has 1 N–H and O–H groups in total. The van der Waals surface area contributed by atoms with Crippen LogP contribution in [0.1, 0.15) is 6.92 Å². The zero-order valence-electron chi connectivity index (χ0n) is 15.9. The molecule has 3 aromatic heterocycles. The van der Waals surface area contributed by atoms with E-state index in [1.807, 2.05) is 65.2 Å². The fraction of sp³-hybridized carbons (Fsp3) is 0.100. The average Bonchev–Trinajstić information content (AvgIpc) is 3.49. The Morgan fingerprint density at radius 2 is 1.63 bits per heavy atom. The normalized spacial score (nSPS) is 11.6. The molecule has 2 aromatic carbocycles. The molecule has 0 unspecified atom stereocenters. The van der Waals surface area contributed by atoms with E-state index in [4.69, 9.17) is 0 Å². The van der Waals surface area contributed by atoms with Crippen molar-refractivity contribution in [2.75, 3.05) is 5.75 Å². The Morgan fingerprint density at radius 3 is 2.37 bits per heavy atom. The predicted octanol–water partition coefficient (Wildman–Crippen LogP) is 5.77. The monoisotopic (exact) mass is 432 g/mol. The number of benzene rings is 2. The Hall–Kier alpha value is -3.37. The quantitative estimate of drug-likeness (QED) is 0.271. The number of nitrogens with zero attached hydrogens (tertiary/aromatic N) is 7. The molecular formula is C20H16N8S2. The number of azo groups is 1. The van der Waals surface area contributed by atoms with Gasteiger partial charge in [0.05, 0.1) is 5.69 Å². The molecule has 0 fully saturated rings. The molecule has 5 aromatic rings. The number of rotatable bonds is 6. The van der Waals surface area contributed by atoms with E-state index in [0.29, 0.717) is 22.3 Å². The summed E-state index contributed by atoms with van der Waals surface area (Å²) in [6.07, 6.45) is 0. The second-order valence-electron chi connectivity index (χ2n) is 6.23. The van der Waals surface area contributed by atoms with Crippen molar-refractivity contribution in [1.82, 2.24) is 30.0 Å². The molecule has 30 heavy (non-hydrogen) atoms. The number of H-pyrrole nitrogens is 1. The van der Waals surface area contributed by atoms with E-state index in [9.17, 15) is 0 Å². The predicted molar refractivity (Wildman–Crippen MR) is 119 cm³/mol. The highest BCUT2D eigenvalue weighted by Crippen LogP contribution is 2.36. The SMILES string of the molecule is CCSc1nnc(N=Nc2c(-c3ccccc3)[nH]n3c(-c4ccccc4)nnc23)s1. The van der Waals surface area contributed by atoms with Crippen molar-refractivity contribution in [2.24, 2.45) is 10.2 Å². The van der Waals surface area contributed by atoms with Gasteiger partial charge in [0.2, 0.25) is 5.65 Å². The molecule has 0 amide bonds. The lowest BCUT2D eigenvalue weighted by molar-refractivity contribution is 0.970. The van der Waals surface area contributed by atoms with Crippen LogP contribution in [0.15, 0.2) is 75.2 Å². The second kappa shape index (κ2) is 8.17. The minimum absolute atomic E-state index is 0.507. The summed E-state index contributed by atoms with van der Waals surface area (Å²) >= 11 is 3.05. The van der Waals surface area contributed by atoms with E-state index in [-0.39, 0.29) is 0 Å². The number of aromatic amines is 1. The van der Waals surface area contributed by atoms with E-state index in [2.05, 4.69) is 42.6 Å². The summed E-state index contributed by atoms with van der Waals surface area (Å²) in [5, 5.41) is 29.7. The van der Waals surface area contributed by atoms with Gasteiger partial charge in [-0.3, -0.25) is 5.10 Å². The fourth-order valence-corrected chi connectivity index (χ4v) is 4.57. The van der Waals surface area contributed by atoms with Gasteiger partial charge in [-0.05, 0) is 5.75 Å². The lowest BCUT2D eigenvalue weighted by Crippen LogP contribution is -1.90. The maximum Gasteiger partial charge on any atom is 0.252 e. The van der Waals surface area contributed by atoms with Crippen molar-refractivity contribution in [3.63, 3.8) is 0 Å². The first-order valence-electron chi connectivity index (χ1n) is 9.29. The summed E-state index contributed by atoms with van der Waals surface area (Å²) in [6, 6.07) is 19.9. The van der Waals surface area contributed by atoms with Crippen LogP contribution in [0.5, 0.6) is 0 Å².